The third kappa shape index (κ3) is 5.23. The van der Waals surface area contributed by atoms with Crippen molar-refractivity contribution >= 4 is 50.5 Å². The second-order valence-corrected chi connectivity index (χ2v) is 10.8. The predicted octanol–water partition coefficient (Wildman–Crippen LogP) is 5.13. The highest BCUT2D eigenvalue weighted by atomic mass is 35.5. The van der Waals surface area contributed by atoms with Crippen LogP contribution in [0.5, 0.6) is 0 Å². The Hall–Kier alpha value is -1.34. The average molecular weight is 476 g/mol. The molecule has 1 aromatic heterocycles. The summed E-state index contributed by atoms with van der Waals surface area (Å²) in [6.07, 6.45) is 1.08. The zero-order chi connectivity index (χ0) is 21.3. The number of nitrogens with zero attached hydrogens (tertiary/aromatic N) is 2. The standard InChI is InChI=1S/C20H21Cl3N2O3S/c1-12-6-13(2)10-25(9-12)20(26)18-5-3-4-14(24-18)11-29(27,28)19-8-16(22)15(21)7-17(19)23/h3-5,7-8,12-13H,6,9-11H2,1-2H3. The number of piperidine rings is 1. The molecule has 1 fully saturated rings. The molecule has 5 nitrogen and oxygen atoms in total. The molecule has 0 spiro atoms. The molecule has 1 aromatic carbocycles. The number of hydrogen-bond donors (Lipinski definition) is 0. The van der Waals surface area contributed by atoms with Gasteiger partial charge in [-0.05, 0) is 42.5 Å². The zero-order valence-electron chi connectivity index (χ0n) is 16.0. The summed E-state index contributed by atoms with van der Waals surface area (Å²) in [6, 6.07) is 7.34. The summed E-state index contributed by atoms with van der Waals surface area (Å²) in [7, 11) is -3.83. The van der Waals surface area contributed by atoms with Gasteiger partial charge in [0.1, 0.15) is 5.69 Å². The van der Waals surface area contributed by atoms with Crippen LogP contribution >= 0.6 is 34.8 Å². The van der Waals surface area contributed by atoms with E-state index in [1.54, 1.807) is 23.1 Å². The van der Waals surface area contributed by atoms with Gasteiger partial charge in [0.25, 0.3) is 5.91 Å². The molecular weight excluding hydrogens is 455 g/mol. The third-order valence-electron chi connectivity index (χ3n) is 4.83. The Morgan fingerprint density at radius 1 is 1.07 bits per heavy atom. The van der Waals surface area contributed by atoms with E-state index >= 15 is 0 Å². The summed E-state index contributed by atoms with van der Waals surface area (Å²) >= 11 is 17.9. The minimum Gasteiger partial charge on any atom is -0.337 e. The van der Waals surface area contributed by atoms with Gasteiger partial charge in [0.15, 0.2) is 9.84 Å². The lowest BCUT2D eigenvalue weighted by Crippen LogP contribution is -2.42. The number of halogens is 3. The molecule has 2 unspecified atom stereocenters. The monoisotopic (exact) mass is 474 g/mol. The van der Waals surface area contributed by atoms with E-state index in [9.17, 15) is 13.2 Å². The number of carbonyl (C=O) groups is 1. The van der Waals surface area contributed by atoms with E-state index in [0.717, 1.165) is 6.42 Å². The first-order valence-electron chi connectivity index (χ1n) is 9.19. The summed E-state index contributed by atoms with van der Waals surface area (Å²) < 4.78 is 25.7. The van der Waals surface area contributed by atoms with E-state index in [2.05, 4.69) is 18.8 Å². The number of sulfone groups is 1. The first-order valence-corrected chi connectivity index (χ1v) is 12.0. The van der Waals surface area contributed by atoms with Crippen molar-refractivity contribution in [2.24, 2.45) is 11.8 Å². The molecule has 1 aliphatic rings. The van der Waals surface area contributed by atoms with Crippen molar-refractivity contribution in [3.63, 3.8) is 0 Å². The Morgan fingerprint density at radius 2 is 1.69 bits per heavy atom. The fourth-order valence-electron chi connectivity index (χ4n) is 3.68. The Balaban J connectivity index is 1.84. The highest BCUT2D eigenvalue weighted by Crippen LogP contribution is 2.33. The largest absolute Gasteiger partial charge is 0.337 e. The first-order chi connectivity index (χ1) is 13.6. The van der Waals surface area contributed by atoms with Crippen LogP contribution in [0.25, 0.3) is 0 Å². The lowest BCUT2D eigenvalue weighted by Gasteiger charge is -2.34. The van der Waals surface area contributed by atoms with Gasteiger partial charge >= 0.3 is 0 Å². The van der Waals surface area contributed by atoms with Crippen molar-refractivity contribution < 1.29 is 13.2 Å². The van der Waals surface area contributed by atoms with Gasteiger partial charge < -0.3 is 4.90 Å². The number of likely N-dealkylation sites (tertiary alicyclic amines) is 1. The highest BCUT2D eigenvalue weighted by Gasteiger charge is 2.27. The number of hydrogen-bond acceptors (Lipinski definition) is 4. The topological polar surface area (TPSA) is 67.3 Å². The first kappa shape index (κ1) is 22.3. The van der Waals surface area contributed by atoms with Crippen LogP contribution in [0.4, 0.5) is 0 Å². The van der Waals surface area contributed by atoms with Crippen LogP contribution in [0, 0.1) is 11.8 Å². The van der Waals surface area contributed by atoms with Gasteiger partial charge in [0.2, 0.25) is 0 Å². The van der Waals surface area contributed by atoms with Crippen molar-refractivity contribution in [2.45, 2.75) is 30.9 Å². The number of amides is 1. The molecule has 0 aliphatic carbocycles. The summed E-state index contributed by atoms with van der Waals surface area (Å²) in [4.78, 5) is 18.8. The molecule has 156 valence electrons. The molecule has 1 saturated heterocycles. The molecule has 1 amide bonds. The van der Waals surface area contributed by atoms with E-state index in [0.29, 0.717) is 24.9 Å². The lowest BCUT2D eigenvalue weighted by molar-refractivity contribution is 0.0617. The van der Waals surface area contributed by atoms with Crippen molar-refractivity contribution in [1.29, 1.82) is 0 Å². The number of carbonyl (C=O) groups excluding carboxylic acids is 1. The maximum Gasteiger partial charge on any atom is 0.272 e. The minimum absolute atomic E-state index is 0.0112. The van der Waals surface area contributed by atoms with Gasteiger partial charge in [-0.1, -0.05) is 54.7 Å². The van der Waals surface area contributed by atoms with Crippen LogP contribution < -0.4 is 0 Å². The lowest BCUT2D eigenvalue weighted by atomic mass is 9.92. The quantitative estimate of drug-likeness (QED) is 0.575. The second-order valence-electron chi connectivity index (χ2n) is 7.63. The molecule has 0 bridgehead atoms. The van der Waals surface area contributed by atoms with Crippen molar-refractivity contribution in [2.75, 3.05) is 13.1 Å². The van der Waals surface area contributed by atoms with Gasteiger partial charge in [0.05, 0.1) is 31.4 Å². The zero-order valence-corrected chi connectivity index (χ0v) is 19.1. The molecule has 29 heavy (non-hydrogen) atoms. The average Bonchev–Trinajstić information content (AvgIpc) is 2.63. The SMILES string of the molecule is CC1CC(C)CN(C(=O)c2cccc(CS(=O)(=O)c3cc(Cl)c(Cl)cc3Cl)n2)C1. The van der Waals surface area contributed by atoms with Gasteiger partial charge in [-0.15, -0.1) is 0 Å². The van der Waals surface area contributed by atoms with Crippen molar-refractivity contribution in [3.05, 3.63) is 56.8 Å². The van der Waals surface area contributed by atoms with Gasteiger partial charge in [-0.2, -0.15) is 0 Å². The van der Waals surface area contributed by atoms with E-state index in [1.807, 2.05) is 0 Å². The number of rotatable bonds is 4. The molecule has 2 aromatic rings. The highest BCUT2D eigenvalue weighted by molar-refractivity contribution is 7.90. The fraction of sp³-hybridized carbons (Fsp3) is 0.400. The van der Waals surface area contributed by atoms with E-state index in [4.69, 9.17) is 34.8 Å². The number of benzene rings is 1. The molecule has 1 aliphatic heterocycles. The van der Waals surface area contributed by atoms with Gasteiger partial charge in [-0.25, -0.2) is 13.4 Å². The smallest absolute Gasteiger partial charge is 0.272 e. The predicted molar refractivity (Wildman–Crippen MR) is 115 cm³/mol. The molecule has 0 N–H and O–H groups in total. The summed E-state index contributed by atoms with van der Waals surface area (Å²) in [5.74, 6) is 0.250. The molecule has 9 heteroatoms. The van der Waals surface area contributed by atoms with Gasteiger partial charge in [-0.3, -0.25) is 4.79 Å². The van der Waals surface area contributed by atoms with Crippen molar-refractivity contribution in [3.8, 4) is 0 Å². The summed E-state index contributed by atoms with van der Waals surface area (Å²) in [5.41, 5.74) is 0.496. The molecule has 3 rings (SSSR count). The number of aromatic nitrogens is 1. The Morgan fingerprint density at radius 3 is 2.34 bits per heavy atom. The Bertz CT molecular complexity index is 1030. The molecule has 2 atom stereocenters. The maximum absolute atomic E-state index is 12.9. The normalized spacial score (nSPS) is 20.0. The molecule has 0 radical (unpaired) electrons. The Labute approximate surface area is 185 Å². The number of pyridine rings is 1. The van der Waals surface area contributed by atoms with E-state index < -0.39 is 15.6 Å². The van der Waals surface area contributed by atoms with Crippen LogP contribution in [-0.4, -0.2) is 37.3 Å². The van der Waals surface area contributed by atoms with Crippen LogP contribution in [0.1, 0.15) is 36.5 Å². The summed E-state index contributed by atoms with van der Waals surface area (Å²) in [5, 5.41) is 0.258. The summed E-state index contributed by atoms with van der Waals surface area (Å²) in [6.45, 7) is 5.58. The molecule has 2 heterocycles. The second kappa shape index (κ2) is 8.80. The fourth-order valence-corrected chi connectivity index (χ4v) is 6.01. The van der Waals surface area contributed by atoms with Gasteiger partial charge in [0, 0.05) is 13.1 Å². The Kier molecular flexibility index (Phi) is 6.78. The van der Waals surface area contributed by atoms with Crippen LogP contribution in [-0.2, 0) is 15.6 Å². The van der Waals surface area contributed by atoms with E-state index in [-0.39, 0.29) is 37.3 Å². The van der Waals surface area contributed by atoms with Crippen LogP contribution in [0.15, 0.2) is 35.2 Å². The van der Waals surface area contributed by atoms with Crippen molar-refractivity contribution in [1.82, 2.24) is 9.88 Å². The molecular formula is C20H21Cl3N2O3S. The van der Waals surface area contributed by atoms with Crippen LogP contribution in [0.2, 0.25) is 15.1 Å². The third-order valence-corrected chi connectivity index (χ3v) is 7.66. The maximum atomic E-state index is 12.9. The minimum atomic E-state index is -3.83. The van der Waals surface area contributed by atoms with Crippen LogP contribution in [0.3, 0.4) is 0 Å². The molecule has 0 saturated carbocycles. The van der Waals surface area contributed by atoms with E-state index in [1.165, 1.54) is 12.1 Å².